The standard InChI is InChI=1S/C18H21NO5/c1-11(2)19-9-14(17(21)23-3)16(15(10-19)18(22)24-4)12-5-7-13(20)8-6-12/h5-11,16,20H,1-4H3. The molecule has 0 atom stereocenters. The van der Waals surface area contributed by atoms with Gasteiger partial charge in [-0.1, -0.05) is 12.1 Å². The maximum Gasteiger partial charge on any atom is 0.336 e. The number of rotatable bonds is 4. The summed E-state index contributed by atoms with van der Waals surface area (Å²) in [5, 5.41) is 9.49. The third kappa shape index (κ3) is 3.42. The third-order valence-electron chi connectivity index (χ3n) is 3.86. The summed E-state index contributed by atoms with van der Waals surface area (Å²) in [6.07, 6.45) is 3.36. The Morgan fingerprint density at radius 2 is 1.46 bits per heavy atom. The van der Waals surface area contributed by atoms with Crippen LogP contribution in [-0.2, 0) is 19.1 Å². The molecule has 0 bridgehead atoms. The topological polar surface area (TPSA) is 76.1 Å². The van der Waals surface area contributed by atoms with Gasteiger partial charge < -0.3 is 19.5 Å². The average Bonchev–Trinajstić information content (AvgIpc) is 2.59. The first-order valence-electron chi connectivity index (χ1n) is 7.55. The summed E-state index contributed by atoms with van der Waals surface area (Å²) in [7, 11) is 2.60. The molecule has 0 spiro atoms. The van der Waals surface area contributed by atoms with Crippen molar-refractivity contribution in [1.29, 1.82) is 0 Å². The van der Waals surface area contributed by atoms with Crippen LogP contribution in [0, 0.1) is 0 Å². The van der Waals surface area contributed by atoms with Gasteiger partial charge in [0.2, 0.25) is 0 Å². The summed E-state index contributed by atoms with van der Waals surface area (Å²) >= 11 is 0. The Labute approximate surface area is 141 Å². The van der Waals surface area contributed by atoms with Crippen LogP contribution in [0.1, 0.15) is 25.3 Å². The van der Waals surface area contributed by atoms with Gasteiger partial charge in [-0.15, -0.1) is 0 Å². The summed E-state index contributed by atoms with van der Waals surface area (Å²) in [6.45, 7) is 3.88. The highest BCUT2D eigenvalue weighted by molar-refractivity contribution is 5.98. The molecule has 1 heterocycles. The molecule has 0 unspecified atom stereocenters. The number of benzene rings is 1. The first-order chi connectivity index (χ1) is 11.4. The molecule has 24 heavy (non-hydrogen) atoms. The van der Waals surface area contributed by atoms with Gasteiger partial charge in [0.05, 0.1) is 31.3 Å². The molecule has 0 saturated heterocycles. The second-order valence-electron chi connectivity index (χ2n) is 5.72. The van der Waals surface area contributed by atoms with E-state index >= 15 is 0 Å². The van der Waals surface area contributed by atoms with Gasteiger partial charge >= 0.3 is 11.9 Å². The highest BCUT2D eigenvalue weighted by atomic mass is 16.5. The molecule has 1 aliphatic rings. The zero-order valence-corrected chi connectivity index (χ0v) is 14.1. The second kappa shape index (κ2) is 7.21. The monoisotopic (exact) mass is 331 g/mol. The fraction of sp³-hybridized carbons (Fsp3) is 0.333. The van der Waals surface area contributed by atoms with Gasteiger partial charge in [-0.2, -0.15) is 0 Å². The van der Waals surface area contributed by atoms with Crippen LogP contribution in [0.15, 0.2) is 47.8 Å². The molecular weight excluding hydrogens is 310 g/mol. The number of carbonyl (C=O) groups excluding carboxylic acids is 2. The molecule has 6 heteroatoms. The van der Waals surface area contributed by atoms with E-state index in [0.717, 1.165) is 0 Å². The molecule has 2 rings (SSSR count). The highest BCUT2D eigenvalue weighted by Crippen LogP contribution is 2.37. The van der Waals surface area contributed by atoms with Crippen LogP contribution < -0.4 is 0 Å². The molecule has 1 aromatic carbocycles. The molecule has 0 amide bonds. The van der Waals surface area contributed by atoms with Crippen molar-refractivity contribution in [3.63, 3.8) is 0 Å². The maximum absolute atomic E-state index is 12.3. The van der Waals surface area contributed by atoms with E-state index in [2.05, 4.69) is 0 Å². The van der Waals surface area contributed by atoms with E-state index in [1.165, 1.54) is 26.4 Å². The van der Waals surface area contributed by atoms with Gasteiger partial charge in [0.1, 0.15) is 5.75 Å². The number of nitrogens with zero attached hydrogens (tertiary/aromatic N) is 1. The predicted octanol–water partition coefficient (Wildman–Crippen LogP) is 2.31. The predicted molar refractivity (Wildman–Crippen MR) is 88.0 cm³/mol. The summed E-state index contributed by atoms with van der Waals surface area (Å²) in [5.74, 6) is -1.56. The number of methoxy groups -OCH3 is 2. The smallest absolute Gasteiger partial charge is 0.336 e. The Morgan fingerprint density at radius 1 is 1.00 bits per heavy atom. The minimum Gasteiger partial charge on any atom is -0.508 e. The van der Waals surface area contributed by atoms with Crippen molar-refractivity contribution >= 4 is 11.9 Å². The van der Waals surface area contributed by atoms with Gasteiger partial charge in [-0.25, -0.2) is 9.59 Å². The van der Waals surface area contributed by atoms with E-state index in [9.17, 15) is 14.7 Å². The van der Waals surface area contributed by atoms with E-state index in [0.29, 0.717) is 16.7 Å². The van der Waals surface area contributed by atoms with Crippen molar-refractivity contribution in [2.45, 2.75) is 25.8 Å². The first kappa shape index (κ1) is 17.6. The largest absolute Gasteiger partial charge is 0.508 e. The van der Waals surface area contributed by atoms with E-state index in [1.807, 2.05) is 13.8 Å². The van der Waals surface area contributed by atoms with E-state index in [4.69, 9.17) is 9.47 Å². The second-order valence-corrected chi connectivity index (χ2v) is 5.72. The molecule has 0 radical (unpaired) electrons. The number of carbonyl (C=O) groups is 2. The Kier molecular flexibility index (Phi) is 5.28. The molecular formula is C18H21NO5. The number of aromatic hydroxyl groups is 1. The third-order valence-corrected chi connectivity index (χ3v) is 3.86. The SMILES string of the molecule is COC(=O)C1=CN(C(C)C)C=C(C(=O)OC)C1c1ccc(O)cc1. The van der Waals surface area contributed by atoms with Gasteiger partial charge in [0.15, 0.2) is 0 Å². The van der Waals surface area contributed by atoms with Crippen molar-refractivity contribution in [1.82, 2.24) is 4.90 Å². The fourth-order valence-electron chi connectivity index (χ4n) is 2.58. The molecule has 1 N–H and O–H groups in total. The molecule has 0 fully saturated rings. The lowest BCUT2D eigenvalue weighted by atomic mass is 9.83. The quantitative estimate of drug-likeness (QED) is 0.853. The van der Waals surface area contributed by atoms with Gasteiger partial charge in [0.25, 0.3) is 0 Å². The van der Waals surface area contributed by atoms with Crippen molar-refractivity contribution in [3.8, 4) is 5.75 Å². The lowest BCUT2D eigenvalue weighted by molar-refractivity contribution is -0.137. The fourth-order valence-corrected chi connectivity index (χ4v) is 2.58. The molecule has 0 aromatic heterocycles. The minimum atomic E-state index is -0.625. The van der Waals surface area contributed by atoms with E-state index in [1.54, 1.807) is 29.4 Å². The first-order valence-corrected chi connectivity index (χ1v) is 7.55. The zero-order chi connectivity index (χ0) is 17.9. The Morgan fingerprint density at radius 3 is 1.83 bits per heavy atom. The highest BCUT2D eigenvalue weighted by Gasteiger charge is 2.35. The molecule has 128 valence electrons. The lowest BCUT2D eigenvalue weighted by Crippen LogP contribution is -2.31. The van der Waals surface area contributed by atoms with Crippen molar-refractivity contribution < 1.29 is 24.2 Å². The average molecular weight is 331 g/mol. The van der Waals surface area contributed by atoms with E-state index < -0.39 is 17.9 Å². The Hall–Kier alpha value is -2.76. The molecule has 1 aliphatic heterocycles. The number of hydrogen-bond donors (Lipinski definition) is 1. The van der Waals surface area contributed by atoms with Crippen LogP contribution in [0.4, 0.5) is 0 Å². The van der Waals surface area contributed by atoms with Crippen LogP contribution in [0.5, 0.6) is 5.75 Å². The summed E-state index contributed by atoms with van der Waals surface area (Å²) in [4.78, 5) is 26.4. The number of ether oxygens (including phenoxy) is 2. The normalized spacial score (nSPS) is 15.0. The van der Waals surface area contributed by atoms with Crippen LogP contribution >= 0.6 is 0 Å². The van der Waals surface area contributed by atoms with Crippen LogP contribution in [0.2, 0.25) is 0 Å². The zero-order valence-electron chi connectivity index (χ0n) is 14.1. The number of esters is 2. The van der Waals surface area contributed by atoms with E-state index in [-0.39, 0.29) is 11.8 Å². The number of phenols is 1. The van der Waals surface area contributed by atoms with Gasteiger partial charge in [-0.3, -0.25) is 0 Å². The summed E-state index contributed by atoms with van der Waals surface area (Å²) < 4.78 is 9.78. The van der Waals surface area contributed by atoms with Crippen LogP contribution in [0.3, 0.4) is 0 Å². The summed E-state index contributed by atoms with van der Waals surface area (Å²) in [6, 6.07) is 6.39. The molecule has 1 aromatic rings. The molecule has 0 saturated carbocycles. The summed E-state index contributed by atoms with van der Waals surface area (Å²) in [5.41, 5.74) is 1.35. The number of hydrogen-bond acceptors (Lipinski definition) is 6. The Balaban J connectivity index is 2.60. The molecule has 6 nitrogen and oxygen atoms in total. The Bertz CT molecular complexity index is 654. The van der Waals surface area contributed by atoms with Gasteiger partial charge in [0, 0.05) is 18.4 Å². The number of phenolic OH excluding ortho intramolecular Hbond substituents is 1. The molecule has 0 aliphatic carbocycles. The van der Waals surface area contributed by atoms with Crippen LogP contribution in [0.25, 0.3) is 0 Å². The van der Waals surface area contributed by atoms with Crippen molar-refractivity contribution in [2.75, 3.05) is 14.2 Å². The maximum atomic E-state index is 12.3. The van der Waals surface area contributed by atoms with Crippen molar-refractivity contribution in [3.05, 3.63) is 53.4 Å². The van der Waals surface area contributed by atoms with Crippen LogP contribution in [-0.4, -0.2) is 42.2 Å². The lowest BCUT2D eigenvalue weighted by Gasteiger charge is -2.32. The minimum absolute atomic E-state index is 0.0464. The van der Waals surface area contributed by atoms with Gasteiger partial charge in [-0.05, 0) is 31.5 Å². The van der Waals surface area contributed by atoms with Crippen molar-refractivity contribution in [2.24, 2.45) is 0 Å².